The van der Waals surface area contributed by atoms with Gasteiger partial charge in [0, 0.05) is 10.9 Å². The second kappa shape index (κ2) is 8.64. The summed E-state index contributed by atoms with van der Waals surface area (Å²) in [5.74, 6) is 0.419. The first kappa shape index (κ1) is 19.4. The Bertz CT molecular complexity index is 1240. The normalized spacial score (nSPS) is 11.1. The molecular weight excluding hydrogens is 392 g/mol. The second-order valence-corrected chi connectivity index (χ2v) is 7.44. The number of ether oxygens (including phenoxy) is 1. The van der Waals surface area contributed by atoms with Crippen LogP contribution in [0.5, 0.6) is 11.5 Å². The third-order valence-corrected chi connectivity index (χ3v) is 5.53. The molecule has 4 nitrogen and oxygen atoms in total. The monoisotopic (exact) mass is 410 g/mol. The molecule has 0 aliphatic heterocycles. The maximum atomic E-state index is 9.74. The number of hydrogen-bond donors (Lipinski definition) is 1. The lowest BCUT2D eigenvalue weighted by Crippen LogP contribution is -1.86. The molecule has 1 heterocycles. The van der Waals surface area contributed by atoms with Crippen LogP contribution in [0.2, 0.25) is 0 Å². The quantitative estimate of drug-likeness (QED) is 0.395. The first-order valence-electron chi connectivity index (χ1n) is 9.28. The molecule has 0 unspecified atom stereocenters. The van der Waals surface area contributed by atoms with Crippen molar-refractivity contribution in [3.05, 3.63) is 88.7 Å². The van der Waals surface area contributed by atoms with Gasteiger partial charge in [-0.3, -0.25) is 0 Å². The minimum atomic E-state index is 0.0589. The molecule has 0 atom stereocenters. The smallest absolute Gasteiger partial charge is 0.161 e. The minimum absolute atomic E-state index is 0.0589. The van der Waals surface area contributed by atoms with E-state index < -0.39 is 0 Å². The highest BCUT2D eigenvalue weighted by Gasteiger charge is 2.10. The van der Waals surface area contributed by atoms with E-state index in [1.807, 2.05) is 35.7 Å². The third-order valence-electron chi connectivity index (χ3n) is 4.66. The summed E-state index contributed by atoms with van der Waals surface area (Å²) in [5.41, 5.74) is 5.36. The summed E-state index contributed by atoms with van der Waals surface area (Å²) in [6.45, 7) is 0. The zero-order valence-electron chi connectivity index (χ0n) is 16.2. The van der Waals surface area contributed by atoms with Gasteiger partial charge in [-0.25, -0.2) is 4.98 Å². The number of methoxy groups -OCH3 is 1. The average molecular weight is 410 g/mol. The number of thiazole rings is 1. The standard InChI is InChI=1S/C25H18N2O2S/c1-29-24-14-17(7-12-23(24)28)13-21(15-26)25-27-22(16-30-25)20-10-8-19(9-11-20)18-5-3-2-4-6-18/h2-14,16,28H,1H3/b21-13-. The Hall–Kier alpha value is -3.88. The van der Waals surface area contributed by atoms with Crippen LogP contribution in [-0.4, -0.2) is 17.2 Å². The van der Waals surface area contributed by atoms with E-state index in [9.17, 15) is 10.4 Å². The van der Waals surface area contributed by atoms with Crippen LogP contribution in [0.4, 0.5) is 0 Å². The lowest BCUT2D eigenvalue weighted by Gasteiger charge is -2.04. The predicted molar refractivity (Wildman–Crippen MR) is 121 cm³/mol. The number of phenolic OH excluding ortho intramolecular Hbond substituents is 1. The molecule has 30 heavy (non-hydrogen) atoms. The van der Waals surface area contributed by atoms with Gasteiger partial charge in [-0.2, -0.15) is 5.26 Å². The fourth-order valence-corrected chi connectivity index (χ4v) is 3.88. The predicted octanol–water partition coefficient (Wildman–Crippen LogP) is 6.26. The maximum absolute atomic E-state index is 9.74. The summed E-state index contributed by atoms with van der Waals surface area (Å²) in [6, 6.07) is 25.6. The highest BCUT2D eigenvalue weighted by atomic mass is 32.1. The fourth-order valence-electron chi connectivity index (χ4n) is 3.09. The number of rotatable bonds is 5. The van der Waals surface area contributed by atoms with Crippen LogP contribution in [0.25, 0.3) is 34.0 Å². The number of hydrogen-bond acceptors (Lipinski definition) is 5. The summed E-state index contributed by atoms with van der Waals surface area (Å²) in [7, 11) is 1.49. The second-order valence-electron chi connectivity index (χ2n) is 6.58. The van der Waals surface area contributed by atoms with E-state index in [0.717, 1.165) is 22.4 Å². The van der Waals surface area contributed by atoms with Crippen LogP contribution in [0, 0.1) is 11.3 Å². The Morgan fingerprint density at radius 1 is 1.00 bits per heavy atom. The highest BCUT2D eigenvalue weighted by molar-refractivity contribution is 7.11. The lowest BCUT2D eigenvalue weighted by molar-refractivity contribution is 0.373. The van der Waals surface area contributed by atoms with Crippen molar-refractivity contribution in [2.75, 3.05) is 7.11 Å². The van der Waals surface area contributed by atoms with Crippen molar-refractivity contribution in [2.24, 2.45) is 0 Å². The first-order chi connectivity index (χ1) is 14.7. The van der Waals surface area contributed by atoms with E-state index in [1.165, 1.54) is 24.0 Å². The van der Waals surface area contributed by atoms with Crippen molar-refractivity contribution >= 4 is 23.0 Å². The Kier molecular flexibility index (Phi) is 5.60. The fraction of sp³-hybridized carbons (Fsp3) is 0.0400. The zero-order valence-corrected chi connectivity index (χ0v) is 17.1. The Morgan fingerprint density at radius 3 is 2.40 bits per heavy atom. The van der Waals surface area contributed by atoms with Crippen LogP contribution in [-0.2, 0) is 0 Å². The number of aromatic hydroxyl groups is 1. The molecule has 146 valence electrons. The van der Waals surface area contributed by atoms with E-state index in [0.29, 0.717) is 16.3 Å². The van der Waals surface area contributed by atoms with Gasteiger partial charge in [-0.15, -0.1) is 11.3 Å². The molecule has 1 N–H and O–H groups in total. The Labute approximate surface area is 179 Å². The molecule has 3 aromatic carbocycles. The number of nitriles is 1. The number of allylic oxidation sites excluding steroid dienone is 1. The van der Waals surface area contributed by atoms with E-state index >= 15 is 0 Å². The first-order valence-corrected chi connectivity index (χ1v) is 10.2. The molecular formula is C25H18N2O2S. The van der Waals surface area contributed by atoms with Gasteiger partial charge in [-0.1, -0.05) is 60.7 Å². The van der Waals surface area contributed by atoms with Crippen molar-refractivity contribution < 1.29 is 9.84 Å². The van der Waals surface area contributed by atoms with E-state index in [-0.39, 0.29) is 5.75 Å². The maximum Gasteiger partial charge on any atom is 0.161 e. The summed E-state index contributed by atoms with van der Waals surface area (Å²) < 4.78 is 5.13. The summed E-state index contributed by atoms with van der Waals surface area (Å²) in [6.07, 6.45) is 1.74. The SMILES string of the molecule is COc1cc(/C=C(/C#N)c2nc(-c3ccc(-c4ccccc4)cc3)cs2)ccc1O. The lowest BCUT2D eigenvalue weighted by atomic mass is 10.0. The summed E-state index contributed by atoms with van der Waals surface area (Å²) in [5, 5.41) is 22.0. The highest BCUT2D eigenvalue weighted by Crippen LogP contribution is 2.31. The van der Waals surface area contributed by atoms with Crippen molar-refractivity contribution in [3.63, 3.8) is 0 Å². The molecule has 0 bridgehead atoms. The van der Waals surface area contributed by atoms with Crippen LogP contribution in [0.15, 0.2) is 78.2 Å². The van der Waals surface area contributed by atoms with Gasteiger partial charge < -0.3 is 9.84 Å². The number of nitrogens with zero attached hydrogens (tertiary/aromatic N) is 2. The average Bonchev–Trinajstić information content (AvgIpc) is 3.29. The van der Waals surface area contributed by atoms with Gasteiger partial charge in [0.25, 0.3) is 0 Å². The topological polar surface area (TPSA) is 66.1 Å². The molecule has 0 saturated carbocycles. The van der Waals surface area contributed by atoms with Gasteiger partial charge >= 0.3 is 0 Å². The Balaban J connectivity index is 1.60. The Morgan fingerprint density at radius 2 is 1.70 bits per heavy atom. The molecule has 0 saturated heterocycles. The third kappa shape index (κ3) is 4.09. The van der Waals surface area contributed by atoms with Crippen LogP contribution in [0.3, 0.4) is 0 Å². The number of phenols is 1. The molecule has 0 spiro atoms. The van der Waals surface area contributed by atoms with Crippen LogP contribution < -0.4 is 4.74 Å². The van der Waals surface area contributed by atoms with E-state index in [1.54, 1.807) is 24.3 Å². The van der Waals surface area contributed by atoms with Gasteiger partial charge in [0.05, 0.1) is 18.4 Å². The molecule has 4 rings (SSSR count). The largest absolute Gasteiger partial charge is 0.504 e. The molecule has 0 aliphatic rings. The molecule has 0 aliphatic carbocycles. The molecule has 0 radical (unpaired) electrons. The molecule has 5 heteroatoms. The molecule has 0 fully saturated rings. The summed E-state index contributed by atoms with van der Waals surface area (Å²) >= 11 is 1.43. The van der Waals surface area contributed by atoms with Gasteiger partial charge in [-0.05, 0) is 34.9 Å². The van der Waals surface area contributed by atoms with E-state index in [2.05, 4.69) is 35.3 Å². The van der Waals surface area contributed by atoms with Crippen LogP contribution in [0.1, 0.15) is 10.6 Å². The van der Waals surface area contributed by atoms with Crippen molar-refractivity contribution in [1.82, 2.24) is 4.98 Å². The number of aromatic nitrogens is 1. The van der Waals surface area contributed by atoms with Gasteiger partial charge in [0.1, 0.15) is 11.1 Å². The van der Waals surface area contributed by atoms with Crippen molar-refractivity contribution in [2.45, 2.75) is 0 Å². The summed E-state index contributed by atoms with van der Waals surface area (Å²) in [4.78, 5) is 4.66. The molecule has 0 amide bonds. The van der Waals surface area contributed by atoms with Crippen molar-refractivity contribution in [1.29, 1.82) is 5.26 Å². The molecule has 4 aromatic rings. The molecule has 1 aromatic heterocycles. The zero-order chi connectivity index (χ0) is 20.9. The van der Waals surface area contributed by atoms with E-state index in [4.69, 9.17) is 4.74 Å². The number of benzene rings is 3. The van der Waals surface area contributed by atoms with Gasteiger partial charge in [0.15, 0.2) is 11.5 Å². The van der Waals surface area contributed by atoms with Crippen molar-refractivity contribution in [3.8, 4) is 40.0 Å². The van der Waals surface area contributed by atoms with Gasteiger partial charge in [0.2, 0.25) is 0 Å². The minimum Gasteiger partial charge on any atom is -0.504 e. The van der Waals surface area contributed by atoms with Crippen LogP contribution >= 0.6 is 11.3 Å².